The van der Waals surface area contributed by atoms with E-state index in [0.717, 1.165) is 5.56 Å². The van der Waals surface area contributed by atoms with Crippen LogP contribution in [0.1, 0.15) is 23.0 Å². The van der Waals surface area contributed by atoms with Gasteiger partial charge < -0.3 is 11.5 Å². The SMILES string of the molecule is CC(N)Cc1cc(F)ccc1-n1ccc(C(N)=O)n1. The summed E-state index contributed by atoms with van der Waals surface area (Å²) in [6.07, 6.45) is 2.12. The van der Waals surface area contributed by atoms with E-state index in [4.69, 9.17) is 11.5 Å². The fourth-order valence-corrected chi connectivity index (χ4v) is 1.88. The number of benzene rings is 1. The number of nitrogens with two attached hydrogens (primary N) is 2. The van der Waals surface area contributed by atoms with E-state index in [0.29, 0.717) is 12.1 Å². The molecule has 0 aliphatic carbocycles. The average molecular weight is 262 g/mol. The van der Waals surface area contributed by atoms with E-state index in [9.17, 15) is 9.18 Å². The largest absolute Gasteiger partial charge is 0.364 e. The number of aromatic nitrogens is 2. The first kappa shape index (κ1) is 13.2. The average Bonchev–Trinajstić information content (AvgIpc) is 2.77. The van der Waals surface area contributed by atoms with Crippen molar-refractivity contribution in [3.8, 4) is 5.69 Å². The molecule has 6 heteroatoms. The van der Waals surface area contributed by atoms with Crippen molar-refractivity contribution in [3.05, 3.63) is 47.5 Å². The molecule has 0 saturated heterocycles. The molecule has 4 N–H and O–H groups in total. The van der Waals surface area contributed by atoms with Gasteiger partial charge in [-0.25, -0.2) is 9.07 Å². The van der Waals surface area contributed by atoms with Crippen LogP contribution >= 0.6 is 0 Å². The first-order valence-corrected chi connectivity index (χ1v) is 5.87. The van der Waals surface area contributed by atoms with Gasteiger partial charge in [0, 0.05) is 12.2 Å². The van der Waals surface area contributed by atoms with Crippen LogP contribution in [-0.4, -0.2) is 21.7 Å². The second-order valence-corrected chi connectivity index (χ2v) is 4.46. The maximum atomic E-state index is 13.3. The normalized spacial score (nSPS) is 12.4. The summed E-state index contributed by atoms with van der Waals surface area (Å²) in [6, 6.07) is 5.77. The summed E-state index contributed by atoms with van der Waals surface area (Å²) >= 11 is 0. The van der Waals surface area contributed by atoms with Crippen LogP contribution in [0.5, 0.6) is 0 Å². The lowest BCUT2D eigenvalue weighted by molar-refractivity contribution is 0.0995. The van der Waals surface area contributed by atoms with Crippen molar-refractivity contribution < 1.29 is 9.18 Å². The molecular weight excluding hydrogens is 247 g/mol. The second-order valence-electron chi connectivity index (χ2n) is 4.46. The molecule has 0 spiro atoms. The minimum absolute atomic E-state index is 0.105. The van der Waals surface area contributed by atoms with Crippen molar-refractivity contribution in [2.75, 3.05) is 0 Å². The lowest BCUT2D eigenvalue weighted by Gasteiger charge is -2.11. The van der Waals surface area contributed by atoms with Gasteiger partial charge >= 0.3 is 0 Å². The standard InChI is InChI=1S/C13H15FN4O/c1-8(15)6-9-7-10(14)2-3-12(9)18-5-4-11(17-18)13(16)19/h2-5,7-8H,6,15H2,1H3,(H2,16,19). The van der Waals surface area contributed by atoms with E-state index in [2.05, 4.69) is 5.10 Å². The first-order chi connectivity index (χ1) is 8.97. The van der Waals surface area contributed by atoms with Gasteiger partial charge in [-0.2, -0.15) is 5.10 Å². The minimum atomic E-state index is -0.602. The monoisotopic (exact) mass is 262 g/mol. The van der Waals surface area contributed by atoms with Crippen LogP contribution in [-0.2, 0) is 6.42 Å². The smallest absolute Gasteiger partial charge is 0.269 e. The number of halogens is 1. The van der Waals surface area contributed by atoms with Crippen molar-refractivity contribution in [2.24, 2.45) is 11.5 Å². The second kappa shape index (κ2) is 5.19. The van der Waals surface area contributed by atoms with E-state index in [1.54, 1.807) is 12.3 Å². The molecule has 1 amide bonds. The molecule has 0 radical (unpaired) electrons. The predicted octanol–water partition coefficient (Wildman–Crippen LogP) is 1.00. The minimum Gasteiger partial charge on any atom is -0.364 e. The maximum absolute atomic E-state index is 13.3. The maximum Gasteiger partial charge on any atom is 0.269 e. The fraction of sp³-hybridized carbons (Fsp3) is 0.231. The third-order valence-electron chi connectivity index (χ3n) is 2.67. The van der Waals surface area contributed by atoms with Crippen LogP contribution in [0.25, 0.3) is 5.69 Å². The van der Waals surface area contributed by atoms with Gasteiger partial charge in [-0.05, 0) is 43.2 Å². The summed E-state index contributed by atoms with van der Waals surface area (Å²) < 4.78 is 14.8. The highest BCUT2D eigenvalue weighted by Gasteiger charge is 2.11. The lowest BCUT2D eigenvalue weighted by Crippen LogP contribution is -2.19. The van der Waals surface area contributed by atoms with Gasteiger partial charge in [-0.1, -0.05) is 0 Å². The zero-order valence-electron chi connectivity index (χ0n) is 10.5. The molecule has 19 heavy (non-hydrogen) atoms. The van der Waals surface area contributed by atoms with Crippen molar-refractivity contribution in [1.29, 1.82) is 0 Å². The molecule has 0 fully saturated rings. The number of rotatable bonds is 4. The van der Waals surface area contributed by atoms with Gasteiger partial charge in [0.1, 0.15) is 11.5 Å². The van der Waals surface area contributed by atoms with Gasteiger partial charge in [0.25, 0.3) is 5.91 Å². The molecule has 1 heterocycles. The molecular formula is C13H15FN4O. The third kappa shape index (κ3) is 2.97. The summed E-state index contributed by atoms with van der Waals surface area (Å²) in [5.74, 6) is -0.934. The summed E-state index contributed by atoms with van der Waals surface area (Å²) in [7, 11) is 0. The third-order valence-corrected chi connectivity index (χ3v) is 2.67. The fourth-order valence-electron chi connectivity index (χ4n) is 1.88. The molecule has 100 valence electrons. The number of nitrogens with zero attached hydrogens (tertiary/aromatic N) is 2. The Labute approximate surface area is 110 Å². The van der Waals surface area contributed by atoms with Crippen molar-refractivity contribution in [3.63, 3.8) is 0 Å². The van der Waals surface area contributed by atoms with Crippen molar-refractivity contribution in [2.45, 2.75) is 19.4 Å². The van der Waals surface area contributed by atoms with Gasteiger partial charge in [0.15, 0.2) is 0 Å². The Hall–Kier alpha value is -2.21. The van der Waals surface area contributed by atoms with Crippen molar-refractivity contribution in [1.82, 2.24) is 9.78 Å². The number of primary amides is 1. The Morgan fingerprint density at radius 1 is 1.47 bits per heavy atom. The highest BCUT2D eigenvalue weighted by atomic mass is 19.1. The molecule has 0 aliphatic rings. The highest BCUT2D eigenvalue weighted by molar-refractivity contribution is 5.90. The Bertz CT molecular complexity index is 606. The highest BCUT2D eigenvalue weighted by Crippen LogP contribution is 2.17. The van der Waals surface area contributed by atoms with E-state index in [-0.39, 0.29) is 17.6 Å². The topological polar surface area (TPSA) is 86.9 Å². The summed E-state index contributed by atoms with van der Waals surface area (Å²) in [6.45, 7) is 1.84. The Morgan fingerprint density at radius 3 is 2.79 bits per heavy atom. The molecule has 1 atom stereocenters. The number of carbonyl (C=O) groups is 1. The predicted molar refractivity (Wildman–Crippen MR) is 69.4 cm³/mol. The quantitative estimate of drug-likeness (QED) is 0.861. The first-order valence-electron chi connectivity index (χ1n) is 5.87. The van der Waals surface area contributed by atoms with Crippen molar-refractivity contribution >= 4 is 5.91 Å². The number of hydrogen-bond acceptors (Lipinski definition) is 3. The molecule has 1 unspecified atom stereocenters. The Kier molecular flexibility index (Phi) is 3.62. The number of hydrogen-bond donors (Lipinski definition) is 2. The Balaban J connectivity index is 2.45. The van der Waals surface area contributed by atoms with E-state index in [1.165, 1.54) is 22.9 Å². The van der Waals surface area contributed by atoms with Crippen LogP contribution in [0.3, 0.4) is 0 Å². The molecule has 1 aromatic heterocycles. The van der Waals surface area contributed by atoms with Crippen LogP contribution in [0.15, 0.2) is 30.5 Å². The van der Waals surface area contributed by atoms with E-state index >= 15 is 0 Å². The van der Waals surface area contributed by atoms with Crippen LogP contribution in [0.2, 0.25) is 0 Å². The summed E-state index contributed by atoms with van der Waals surface area (Å²) in [5, 5.41) is 4.06. The molecule has 1 aromatic carbocycles. The molecule has 5 nitrogen and oxygen atoms in total. The molecule has 2 rings (SSSR count). The number of carbonyl (C=O) groups excluding carboxylic acids is 1. The zero-order chi connectivity index (χ0) is 14.0. The number of amides is 1. The van der Waals surface area contributed by atoms with Gasteiger partial charge in [-0.15, -0.1) is 0 Å². The lowest BCUT2D eigenvalue weighted by atomic mass is 10.1. The van der Waals surface area contributed by atoms with Crippen LogP contribution in [0.4, 0.5) is 4.39 Å². The van der Waals surface area contributed by atoms with Crippen LogP contribution < -0.4 is 11.5 Å². The van der Waals surface area contributed by atoms with Crippen LogP contribution in [0, 0.1) is 5.82 Å². The summed E-state index contributed by atoms with van der Waals surface area (Å²) in [5.41, 5.74) is 12.5. The van der Waals surface area contributed by atoms with Gasteiger partial charge in [0.05, 0.1) is 5.69 Å². The molecule has 2 aromatic rings. The zero-order valence-corrected chi connectivity index (χ0v) is 10.5. The van der Waals surface area contributed by atoms with Gasteiger partial charge in [-0.3, -0.25) is 4.79 Å². The molecule has 0 saturated carbocycles. The molecule has 0 aliphatic heterocycles. The Morgan fingerprint density at radius 2 is 2.21 bits per heavy atom. The molecule has 0 bridgehead atoms. The van der Waals surface area contributed by atoms with E-state index in [1.807, 2.05) is 6.92 Å². The summed E-state index contributed by atoms with van der Waals surface area (Å²) in [4.78, 5) is 11.0. The van der Waals surface area contributed by atoms with E-state index < -0.39 is 5.91 Å². The van der Waals surface area contributed by atoms with Gasteiger partial charge in [0.2, 0.25) is 0 Å².